The summed E-state index contributed by atoms with van der Waals surface area (Å²) in [4.78, 5) is 0. The Morgan fingerprint density at radius 2 is 1.91 bits per heavy atom. The third-order valence-corrected chi connectivity index (χ3v) is 7.00. The molecule has 170 valence electrons. The van der Waals surface area contributed by atoms with Crippen molar-refractivity contribution in [3.8, 4) is 0 Å². The van der Waals surface area contributed by atoms with Crippen LogP contribution < -0.4 is 10.6 Å². The number of rotatable bonds is 9. The zero-order valence-electron chi connectivity index (χ0n) is 18.3. The maximum atomic E-state index is 13.7. The van der Waals surface area contributed by atoms with E-state index in [-0.39, 0.29) is 12.1 Å². The first-order valence-corrected chi connectivity index (χ1v) is 12.2. The Labute approximate surface area is 192 Å². The van der Waals surface area contributed by atoms with Crippen molar-refractivity contribution in [3.05, 3.63) is 87.8 Å². The predicted octanol–water partition coefficient (Wildman–Crippen LogP) is 5.64. The van der Waals surface area contributed by atoms with E-state index in [2.05, 4.69) is 35.8 Å². The van der Waals surface area contributed by atoms with Crippen molar-refractivity contribution in [2.24, 2.45) is 0 Å². The summed E-state index contributed by atoms with van der Waals surface area (Å²) in [5.41, 5.74) is 4.55. The molecule has 0 saturated carbocycles. The molecular weight excluding hydrogens is 426 g/mol. The highest BCUT2D eigenvalue weighted by Crippen LogP contribution is 2.31. The highest BCUT2D eigenvalue weighted by Gasteiger charge is 2.25. The van der Waals surface area contributed by atoms with Crippen molar-refractivity contribution in [1.82, 2.24) is 5.32 Å². The highest BCUT2D eigenvalue weighted by atomic mass is 32.1. The van der Waals surface area contributed by atoms with Gasteiger partial charge in [-0.2, -0.15) is 0 Å². The summed E-state index contributed by atoms with van der Waals surface area (Å²) in [6.07, 6.45) is 3.82. The number of halogens is 2. The molecule has 4 rings (SSSR count). The zero-order chi connectivity index (χ0) is 22.5. The molecule has 3 unspecified atom stereocenters. The molecule has 0 saturated heterocycles. The number of fused-ring (bicyclic) bond motifs is 1. The number of aliphatic hydroxyl groups excluding tert-OH is 1. The molecule has 0 amide bonds. The third kappa shape index (κ3) is 5.74. The van der Waals surface area contributed by atoms with Gasteiger partial charge in [-0.3, -0.25) is 0 Å². The number of benzene rings is 2. The molecule has 0 bridgehead atoms. The van der Waals surface area contributed by atoms with E-state index in [9.17, 15) is 13.9 Å². The summed E-state index contributed by atoms with van der Waals surface area (Å²) >= 11 is 1.54. The Balaban J connectivity index is 1.47. The zero-order valence-corrected chi connectivity index (χ0v) is 19.1. The van der Waals surface area contributed by atoms with Crippen LogP contribution in [0.4, 0.5) is 13.8 Å². The van der Waals surface area contributed by atoms with E-state index in [1.165, 1.54) is 40.2 Å². The van der Waals surface area contributed by atoms with Gasteiger partial charge in [-0.15, -0.1) is 11.3 Å². The molecule has 3 N–H and O–H groups in total. The van der Waals surface area contributed by atoms with Gasteiger partial charge >= 0.3 is 0 Å². The maximum absolute atomic E-state index is 13.7. The van der Waals surface area contributed by atoms with Gasteiger partial charge < -0.3 is 15.7 Å². The van der Waals surface area contributed by atoms with E-state index >= 15 is 0 Å². The molecular formula is C26H30F2N2OS. The minimum absolute atomic E-state index is 0.203. The van der Waals surface area contributed by atoms with Crippen LogP contribution in [0.1, 0.15) is 48.1 Å². The molecule has 1 aromatic heterocycles. The van der Waals surface area contributed by atoms with Crippen molar-refractivity contribution >= 4 is 16.3 Å². The number of aliphatic hydroxyl groups is 1. The van der Waals surface area contributed by atoms with Gasteiger partial charge in [-0.1, -0.05) is 25.1 Å². The van der Waals surface area contributed by atoms with Gasteiger partial charge in [-0.05, 0) is 84.0 Å². The van der Waals surface area contributed by atoms with E-state index in [0.29, 0.717) is 18.5 Å². The molecule has 0 aliphatic heterocycles. The van der Waals surface area contributed by atoms with Crippen molar-refractivity contribution < 1.29 is 13.9 Å². The normalized spacial score (nSPS) is 17.6. The first kappa shape index (κ1) is 22.9. The van der Waals surface area contributed by atoms with Gasteiger partial charge in [0.15, 0.2) is 0 Å². The summed E-state index contributed by atoms with van der Waals surface area (Å²) in [7, 11) is 0. The topological polar surface area (TPSA) is 44.3 Å². The van der Waals surface area contributed by atoms with Crippen LogP contribution in [0.3, 0.4) is 0 Å². The van der Waals surface area contributed by atoms with Crippen LogP contribution in [-0.4, -0.2) is 23.8 Å². The molecule has 3 aromatic rings. The monoisotopic (exact) mass is 456 g/mol. The second kappa shape index (κ2) is 10.6. The molecule has 0 spiro atoms. The standard InChI is InChI=1S/C26H30F2N2OS/c1-2-17-8-9-19-5-3-6-23(22(19)13-17)29-16-25(31)24(30-26-7-4-10-32-26)14-18-11-20(27)15-21(28)12-18/h4,7-13,15,23-25,29-31H,2-3,5-6,14,16H2,1H3. The minimum atomic E-state index is -0.733. The minimum Gasteiger partial charge on any atom is -0.390 e. The van der Waals surface area contributed by atoms with Crippen molar-refractivity contribution in [3.63, 3.8) is 0 Å². The van der Waals surface area contributed by atoms with E-state index in [4.69, 9.17) is 0 Å². The van der Waals surface area contributed by atoms with Gasteiger partial charge in [0.1, 0.15) is 11.6 Å². The largest absolute Gasteiger partial charge is 0.390 e. The lowest BCUT2D eigenvalue weighted by atomic mass is 9.86. The summed E-state index contributed by atoms with van der Waals surface area (Å²) in [5, 5.41) is 20.9. The van der Waals surface area contributed by atoms with Crippen LogP contribution in [-0.2, 0) is 19.3 Å². The number of nitrogens with one attached hydrogen (secondary N) is 2. The molecule has 0 radical (unpaired) electrons. The SMILES string of the molecule is CCc1ccc2c(c1)C(NCC(O)C(Cc1cc(F)cc(F)c1)Nc1cccs1)CCC2. The Kier molecular flexibility index (Phi) is 7.55. The second-order valence-corrected chi connectivity index (χ2v) is 9.46. The number of thiophene rings is 1. The number of anilines is 1. The van der Waals surface area contributed by atoms with Crippen LogP contribution in [0.2, 0.25) is 0 Å². The fourth-order valence-electron chi connectivity index (χ4n) is 4.50. The molecule has 3 atom stereocenters. The number of aryl methyl sites for hydroxylation is 2. The average Bonchev–Trinajstić information content (AvgIpc) is 3.29. The fraction of sp³-hybridized carbons (Fsp3) is 0.385. The highest BCUT2D eigenvalue weighted by molar-refractivity contribution is 7.14. The molecule has 1 heterocycles. The smallest absolute Gasteiger partial charge is 0.126 e. The van der Waals surface area contributed by atoms with Crippen LogP contribution in [0.25, 0.3) is 0 Å². The van der Waals surface area contributed by atoms with Crippen LogP contribution in [0.15, 0.2) is 53.9 Å². The third-order valence-electron chi connectivity index (χ3n) is 6.20. The summed E-state index contributed by atoms with van der Waals surface area (Å²) < 4.78 is 27.4. The molecule has 32 heavy (non-hydrogen) atoms. The van der Waals surface area contributed by atoms with Crippen molar-refractivity contribution in [2.75, 3.05) is 11.9 Å². The predicted molar refractivity (Wildman–Crippen MR) is 127 cm³/mol. The van der Waals surface area contributed by atoms with E-state index in [0.717, 1.165) is 36.8 Å². The van der Waals surface area contributed by atoms with Gasteiger partial charge in [0, 0.05) is 18.7 Å². The Hall–Kier alpha value is -2.28. The van der Waals surface area contributed by atoms with Gasteiger partial charge in [0.25, 0.3) is 0 Å². The quantitative estimate of drug-likeness (QED) is 0.390. The molecule has 6 heteroatoms. The summed E-state index contributed by atoms with van der Waals surface area (Å²) in [6.45, 7) is 2.55. The first-order chi connectivity index (χ1) is 15.5. The van der Waals surface area contributed by atoms with Crippen LogP contribution in [0.5, 0.6) is 0 Å². The lowest BCUT2D eigenvalue weighted by Crippen LogP contribution is -2.43. The van der Waals surface area contributed by atoms with Crippen LogP contribution >= 0.6 is 11.3 Å². The van der Waals surface area contributed by atoms with Crippen LogP contribution in [0, 0.1) is 11.6 Å². The molecule has 2 aromatic carbocycles. The fourth-order valence-corrected chi connectivity index (χ4v) is 5.18. The Bertz CT molecular complexity index is 1000. The molecule has 1 aliphatic carbocycles. The molecule has 1 aliphatic rings. The number of hydrogen-bond donors (Lipinski definition) is 3. The number of hydrogen-bond acceptors (Lipinski definition) is 4. The Morgan fingerprint density at radius 1 is 1.09 bits per heavy atom. The first-order valence-electron chi connectivity index (χ1n) is 11.3. The lowest BCUT2D eigenvalue weighted by molar-refractivity contribution is 0.144. The lowest BCUT2D eigenvalue weighted by Gasteiger charge is -2.30. The van der Waals surface area contributed by atoms with Crippen molar-refractivity contribution in [2.45, 2.75) is 57.2 Å². The Morgan fingerprint density at radius 3 is 2.62 bits per heavy atom. The second-order valence-electron chi connectivity index (χ2n) is 8.52. The van der Waals surface area contributed by atoms with E-state index in [1.54, 1.807) is 0 Å². The van der Waals surface area contributed by atoms with Gasteiger partial charge in [0.2, 0.25) is 0 Å². The molecule has 3 nitrogen and oxygen atoms in total. The summed E-state index contributed by atoms with van der Waals surface area (Å²) in [6, 6.07) is 13.9. The van der Waals surface area contributed by atoms with Crippen molar-refractivity contribution in [1.29, 1.82) is 0 Å². The van der Waals surface area contributed by atoms with Gasteiger partial charge in [-0.25, -0.2) is 8.78 Å². The van der Waals surface area contributed by atoms with E-state index in [1.807, 2.05) is 17.5 Å². The average molecular weight is 457 g/mol. The van der Waals surface area contributed by atoms with E-state index < -0.39 is 17.7 Å². The molecule has 0 fully saturated rings. The maximum Gasteiger partial charge on any atom is 0.126 e. The van der Waals surface area contributed by atoms with Gasteiger partial charge in [0.05, 0.1) is 17.1 Å². The summed E-state index contributed by atoms with van der Waals surface area (Å²) in [5.74, 6) is -1.21.